The fraction of sp³-hybridized carbons (Fsp3) is 0.550. The van der Waals surface area contributed by atoms with E-state index in [4.69, 9.17) is 4.74 Å². The van der Waals surface area contributed by atoms with E-state index in [1.165, 1.54) is 6.92 Å². The summed E-state index contributed by atoms with van der Waals surface area (Å²) in [5.41, 5.74) is 3.20. The molecule has 1 heterocycles. The number of Topliss-reactive ketones (excluding diaryl/α,β-unsaturated/α-hetero) is 1. The molecule has 0 N–H and O–H groups in total. The average Bonchev–Trinajstić information content (AvgIpc) is 2.62. The first kappa shape index (κ1) is 19.9. The Balaban J connectivity index is 1.83. The standard InChI is InChI=1S/C20H28N2O4/c1-14-5-6-15(2)20(17(14)4)26-13-19(25)22-11-9-21(10-12-22)18(24)8-7-16(3)23/h5-6H,7-13H2,1-4H3. The molecule has 0 aliphatic carbocycles. The van der Waals surface area contributed by atoms with Crippen LogP contribution in [0.25, 0.3) is 0 Å². The zero-order valence-corrected chi connectivity index (χ0v) is 16.1. The van der Waals surface area contributed by atoms with Gasteiger partial charge in [-0.05, 0) is 44.4 Å². The highest BCUT2D eigenvalue weighted by Gasteiger charge is 2.24. The zero-order chi connectivity index (χ0) is 19.3. The molecule has 1 aromatic rings. The van der Waals surface area contributed by atoms with E-state index in [0.29, 0.717) is 26.2 Å². The Labute approximate surface area is 155 Å². The van der Waals surface area contributed by atoms with E-state index in [0.717, 1.165) is 22.4 Å². The molecular weight excluding hydrogens is 332 g/mol. The second-order valence-electron chi connectivity index (χ2n) is 6.91. The summed E-state index contributed by atoms with van der Waals surface area (Å²) in [6.07, 6.45) is 0.527. The fourth-order valence-electron chi connectivity index (χ4n) is 3.02. The van der Waals surface area contributed by atoms with Crippen LogP contribution in [0.3, 0.4) is 0 Å². The van der Waals surface area contributed by atoms with Crippen LogP contribution < -0.4 is 4.74 Å². The van der Waals surface area contributed by atoms with E-state index in [1.54, 1.807) is 9.80 Å². The van der Waals surface area contributed by atoms with Gasteiger partial charge in [0.25, 0.3) is 5.91 Å². The van der Waals surface area contributed by atoms with Gasteiger partial charge < -0.3 is 19.3 Å². The Morgan fingerprint density at radius 1 is 0.885 bits per heavy atom. The minimum absolute atomic E-state index is 0.00339. The number of hydrogen-bond acceptors (Lipinski definition) is 4. The monoisotopic (exact) mass is 360 g/mol. The third-order valence-electron chi connectivity index (χ3n) is 4.89. The molecule has 1 aromatic carbocycles. The summed E-state index contributed by atoms with van der Waals surface area (Å²) in [4.78, 5) is 38.9. The second kappa shape index (κ2) is 8.83. The summed E-state index contributed by atoms with van der Waals surface area (Å²) in [5, 5.41) is 0. The van der Waals surface area contributed by atoms with Crippen LogP contribution in [0.15, 0.2) is 12.1 Å². The summed E-state index contributed by atoms with van der Waals surface area (Å²) in [6, 6.07) is 4.04. The second-order valence-corrected chi connectivity index (χ2v) is 6.91. The van der Waals surface area contributed by atoms with Crippen LogP contribution in [0.4, 0.5) is 0 Å². The molecule has 2 amide bonds. The average molecular weight is 360 g/mol. The van der Waals surface area contributed by atoms with Crippen molar-refractivity contribution >= 4 is 17.6 Å². The van der Waals surface area contributed by atoms with Crippen LogP contribution in [-0.2, 0) is 14.4 Å². The topological polar surface area (TPSA) is 66.9 Å². The van der Waals surface area contributed by atoms with Gasteiger partial charge in [0, 0.05) is 39.0 Å². The number of benzene rings is 1. The van der Waals surface area contributed by atoms with Crippen molar-refractivity contribution in [1.29, 1.82) is 0 Å². The maximum Gasteiger partial charge on any atom is 0.260 e. The van der Waals surface area contributed by atoms with Gasteiger partial charge in [0.15, 0.2) is 6.61 Å². The van der Waals surface area contributed by atoms with Crippen molar-refractivity contribution in [3.05, 3.63) is 28.8 Å². The summed E-state index contributed by atoms with van der Waals surface area (Å²) in [7, 11) is 0. The predicted molar refractivity (Wildman–Crippen MR) is 99.2 cm³/mol. The van der Waals surface area contributed by atoms with Gasteiger partial charge in [-0.2, -0.15) is 0 Å². The number of ether oxygens (including phenoxy) is 1. The SMILES string of the molecule is CC(=O)CCC(=O)N1CCN(C(=O)COc2c(C)ccc(C)c2C)CC1. The Morgan fingerprint density at radius 2 is 1.42 bits per heavy atom. The normalized spacial score (nSPS) is 14.3. The van der Waals surface area contributed by atoms with Crippen molar-refractivity contribution in [2.75, 3.05) is 32.8 Å². The van der Waals surface area contributed by atoms with Crippen LogP contribution in [0, 0.1) is 20.8 Å². The molecule has 142 valence electrons. The molecule has 0 bridgehead atoms. The van der Waals surface area contributed by atoms with Crippen molar-refractivity contribution in [3.63, 3.8) is 0 Å². The lowest BCUT2D eigenvalue weighted by molar-refractivity contribution is -0.141. The predicted octanol–water partition coefficient (Wildman–Crippen LogP) is 2.03. The number of carbonyl (C=O) groups is 3. The molecule has 1 saturated heterocycles. The van der Waals surface area contributed by atoms with Gasteiger partial charge in [-0.3, -0.25) is 9.59 Å². The third-order valence-corrected chi connectivity index (χ3v) is 4.89. The highest BCUT2D eigenvalue weighted by Crippen LogP contribution is 2.25. The third kappa shape index (κ3) is 5.07. The summed E-state index contributed by atoms with van der Waals surface area (Å²) < 4.78 is 5.79. The number of nitrogens with zero attached hydrogens (tertiary/aromatic N) is 2. The first-order chi connectivity index (χ1) is 12.3. The Bertz CT molecular complexity index is 691. The molecule has 0 spiro atoms. The molecule has 1 fully saturated rings. The molecule has 6 nitrogen and oxygen atoms in total. The van der Waals surface area contributed by atoms with Gasteiger partial charge in [0.1, 0.15) is 11.5 Å². The molecule has 0 aromatic heterocycles. The van der Waals surface area contributed by atoms with Crippen molar-refractivity contribution in [3.8, 4) is 5.75 Å². The van der Waals surface area contributed by atoms with E-state index < -0.39 is 0 Å². The largest absolute Gasteiger partial charge is 0.483 e. The van der Waals surface area contributed by atoms with E-state index in [2.05, 4.69) is 0 Å². The van der Waals surface area contributed by atoms with E-state index >= 15 is 0 Å². The van der Waals surface area contributed by atoms with Gasteiger partial charge in [0.2, 0.25) is 5.91 Å². The fourth-order valence-corrected chi connectivity index (χ4v) is 3.02. The van der Waals surface area contributed by atoms with Crippen LogP contribution in [0.5, 0.6) is 5.75 Å². The molecule has 1 aliphatic rings. The first-order valence-electron chi connectivity index (χ1n) is 9.04. The molecule has 0 radical (unpaired) electrons. The molecule has 0 atom stereocenters. The molecule has 1 aliphatic heterocycles. The first-order valence-corrected chi connectivity index (χ1v) is 9.04. The number of rotatable bonds is 6. The number of carbonyl (C=O) groups excluding carboxylic acids is 3. The number of ketones is 1. The van der Waals surface area contributed by atoms with Gasteiger partial charge in [0.05, 0.1) is 0 Å². The van der Waals surface area contributed by atoms with Crippen molar-refractivity contribution in [2.24, 2.45) is 0 Å². The summed E-state index contributed by atoms with van der Waals surface area (Å²) in [5.74, 6) is 0.707. The summed E-state index contributed by atoms with van der Waals surface area (Å²) >= 11 is 0. The number of hydrogen-bond donors (Lipinski definition) is 0. The Morgan fingerprint density at radius 3 is 2.00 bits per heavy atom. The van der Waals surface area contributed by atoms with Crippen molar-refractivity contribution in [1.82, 2.24) is 9.80 Å². The van der Waals surface area contributed by atoms with E-state index in [1.807, 2.05) is 32.9 Å². The molecule has 0 saturated carbocycles. The molecule has 2 rings (SSSR count). The minimum Gasteiger partial charge on any atom is -0.483 e. The van der Waals surface area contributed by atoms with Crippen molar-refractivity contribution < 1.29 is 19.1 Å². The lowest BCUT2D eigenvalue weighted by Crippen LogP contribution is -2.51. The van der Waals surface area contributed by atoms with Crippen LogP contribution in [0.1, 0.15) is 36.5 Å². The van der Waals surface area contributed by atoms with Crippen LogP contribution in [0.2, 0.25) is 0 Å². The Hall–Kier alpha value is -2.37. The maximum atomic E-state index is 12.4. The van der Waals surface area contributed by atoms with E-state index in [-0.39, 0.29) is 37.0 Å². The lowest BCUT2D eigenvalue weighted by atomic mass is 10.1. The van der Waals surface area contributed by atoms with Crippen molar-refractivity contribution in [2.45, 2.75) is 40.5 Å². The quantitative estimate of drug-likeness (QED) is 0.778. The maximum absolute atomic E-state index is 12.4. The molecular formula is C20H28N2O4. The summed E-state index contributed by atoms with van der Waals surface area (Å²) in [6.45, 7) is 9.48. The molecule has 0 unspecified atom stereocenters. The number of piperazine rings is 1. The highest BCUT2D eigenvalue weighted by atomic mass is 16.5. The smallest absolute Gasteiger partial charge is 0.260 e. The van der Waals surface area contributed by atoms with Gasteiger partial charge in [-0.15, -0.1) is 0 Å². The highest BCUT2D eigenvalue weighted by molar-refractivity contribution is 5.84. The molecule has 6 heteroatoms. The Kier molecular flexibility index (Phi) is 6.77. The number of aryl methyl sites for hydroxylation is 2. The zero-order valence-electron chi connectivity index (χ0n) is 16.1. The van der Waals surface area contributed by atoms with Gasteiger partial charge >= 0.3 is 0 Å². The molecule has 26 heavy (non-hydrogen) atoms. The van der Waals surface area contributed by atoms with Crippen LogP contribution in [-0.4, -0.2) is 60.2 Å². The minimum atomic E-state index is -0.0684. The van der Waals surface area contributed by atoms with Gasteiger partial charge in [-0.25, -0.2) is 0 Å². The lowest BCUT2D eigenvalue weighted by Gasteiger charge is -2.34. The van der Waals surface area contributed by atoms with Crippen LogP contribution >= 0.6 is 0 Å². The van der Waals surface area contributed by atoms with E-state index in [9.17, 15) is 14.4 Å². The van der Waals surface area contributed by atoms with Gasteiger partial charge in [-0.1, -0.05) is 12.1 Å². The number of amides is 2.